The summed E-state index contributed by atoms with van der Waals surface area (Å²) in [5, 5.41) is 2.52. The molecule has 0 saturated carbocycles. The van der Waals surface area contributed by atoms with Gasteiger partial charge in [-0.1, -0.05) is 53.7 Å². The third kappa shape index (κ3) is 4.39. The molecule has 0 N–H and O–H groups in total. The first-order valence-corrected chi connectivity index (χ1v) is 11.1. The first-order chi connectivity index (χ1) is 11.5. The molecule has 3 aromatic rings. The summed E-state index contributed by atoms with van der Waals surface area (Å²) in [4.78, 5) is 4.86. The first-order valence-electron chi connectivity index (χ1n) is 7.17. The van der Waals surface area contributed by atoms with Gasteiger partial charge < -0.3 is 0 Å². The van der Waals surface area contributed by atoms with E-state index < -0.39 is 9.84 Å². The number of nitrogens with zero attached hydrogens (tertiary/aromatic N) is 1. The van der Waals surface area contributed by atoms with E-state index in [0.717, 1.165) is 15.6 Å². The predicted octanol–water partition coefficient (Wildman–Crippen LogP) is 5.03. The van der Waals surface area contributed by atoms with Gasteiger partial charge in [-0.25, -0.2) is 13.4 Å². The number of rotatable bonds is 6. The average Bonchev–Trinajstić information content (AvgIpc) is 3.05. The maximum Gasteiger partial charge on any atom is 0.179 e. The zero-order valence-electron chi connectivity index (χ0n) is 12.6. The van der Waals surface area contributed by atoms with E-state index in [4.69, 9.17) is 11.6 Å². The monoisotopic (exact) mass is 395 g/mol. The highest BCUT2D eigenvalue weighted by atomic mass is 35.5. The Morgan fingerprint density at radius 3 is 2.46 bits per heavy atom. The number of thioether (sulfide) groups is 1. The second-order valence-corrected chi connectivity index (χ2v) is 9.73. The smallest absolute Gasteiger partial charge is 0.179 e. The van der Waals surface area contributed by atoms with Crippen molar-refractivity contribution in [2.24, 2.45) is 0 Å². The van der Waals surface area contributed by atoms with Crippen molar-refractivity contribution in [1.29, 1.82) is 0 Å². The summed E-state index contributed by atoms with van der Waals surface area (Å²) < 4.78 is 25.4. The summed E-state index contributed by atoms with van der Waals surface area (Å²) in [6.07, 6.45) is 0. The van der Waals surface area contributed by atoms with Crippen molar-refractivity contribution in [3.63, 3.8) is 0 Å². The average molecular weight is 396 g/mol. The van der Waals surface area contributed by atoms with Crippen LogP contribution in [0.3, 0.4) is 0 Å². The van der Waals surface area contributed by atoms with Gasteiger partial charge in [-0.2, -0.15) is 0 Å². The number of aromatic nitrogens is 1. The van der Waals surface area contributed by atoms with Crippen LogP contribution in [0.4, 0.5) is 0 Å². The lowest BCUT2D eigenvalue weighted by Gasteiger charge is -2.03. The molecule has 3 rings (SSSR count). The third-order valence-electron chi connectivity index (χ3n) is 3.30. The van der Waals surface area contributed by atoms with Crippen LogP contribution >= 0.6 is 34.7 Å². The van der Waals surface area contributed by atoms with Crippen molar-refractivity contribution < 1.29 is 8.42 Å². The van der Waals surface area contributed by atoms with E-state index in [-0.39, 0.29) is 5.75 Å². The van der Waals surface area contributed by atoms with Crippen molar-refractivity contribution in [1.82, 2.24) is 4.98 Å². The highest BCUT2D eigenvalue weighted by Crippen LogP contribution is 2.28. The fourth-order valence-electron chi connectivity index (χ4n) is 2.06. The van der Waals surface area contributed by atoms with Gasteiger partial charge in [0.25, 0.3) is 0 Å². The molecule has 24 heavy (non-hydrogen) atoms. The molecule has 0 aliphatic heterocycles. The van der Waals surface area contributed by atoms with Gasteiger partial charge in [0.1, 0.15) is 0 Å². The Kier molecular flexibility index (Phi) is 5.61. The Hall–Kier alpha value is -1.34. The Morgan fingerprint density at radius 2 is 1.75 bits per heavy atom. The predicted molar refractivity (Wildman–Crippen MR) is 102 cm³/mol. The minimum atomic E-state index is -3.30. The number of benzene rings is 2. The Morgan fingerprint density at radius 1 is 1.04 bits per heavy atom. The van der Waals surface area contributed by atoms with E-state index in [2.05, 4.69) is 4.98 Å². The van der Waals surface area contributed by atoms with Crippen LogP contribution in [0.2, 0.25) is 5.02 Å². The maximum absolute atomic E-state index is 12.3. The molecule has 2 aromatic carbocycles. The number of sulfone groups is 1. The molecule has 1 aromatic heterocycles. The molecule has 0 aliphatic carbocycles. The van der Waals surface area contributed by atoms with E-state index in [1.807, 2.05) is 35.7 Å². The van der Waals surface area contributed by atoms with Gasteiger partial charge in [0.15, 0.2) is 14.2 Å². The number of thiazole rings is 1. The molecule has 0 spiro atoms. The summed E-state index contributed by atoms with van der Waals surface area (Å²) in [6.45, 7) is 0. The zero-order chi connectivity index (χ0) is 17.0. The molecule has 0 fully saturated rings. The fraction of sp³-hybridized carbons (Fsp3) is 0.118. The number of hydrogen-bond acceptors (Lipinski definition) is 5. The van der Waals surface area contributed by atoms with Crippen LogP contribution in [-0.4, -0.2) is 24.9 Å². The quantitative estimate of drug-likeness (QED) is 0.549. The van der Waals surface area contributed by atoms with Crippen LogP contribution in [-0.2, 0) is 9.84 Å². The summed E-state index contributed by atoms with van der Waals surface area (Å²) in [6, 6.07) is 16.2. The van der Waals surface area contributed by atoms with Crippen LogP contribution in [0, 0.1) is 0 Å². The van der Waals surface area contributed by atoms with Gasteiger partial charge in [-0.3, -0.25) is 0 Å². The standard InChI is InChI=1S/C17H14ClNO2S3/c18-14-6-8-15(9-7-14)24(20,21)11-10-22-17-19-16(12-23-17)13-4-2-1-3-5-13/h1-9,12H,10-11H2. The summed E-state index contributed by atoms with van der Waals surface area (Å²) in [5.41, 5.74) is 1.98. The van der Waals surface area contributed by atoms with Crippen molar-refractivity contribution in [2.45, 2.75) is 9.24 Å². The molecule has 0 unspecified atom stereocenters. The molecular weight excluding hydrogens is 382 g/mol. The van der Waals surface area contributed by atoms with Crippen molar-refractivity contribution >= 4 is 44.5 Å². The SMILES string of the molecule is O=S(=O)(CCSc1nc(-c2ccccc2)cs1)c1ccc(Cl)cc1. The van der Waals surface area contributed by atoms with E-state index >= 15 is 0 Å². The van der Waals surface area contributed by atoms with Crippen LogP contribution in [0.1, 0.15) is 0 Å². The normalized spacial score (nSPS) is 11.5. The van der Waals surface area contributed by atoms with Gasteiger partial charge >= 0.3 is 0 Å². The molecular formula is C17H14ClNO2S3. The Bertz CT molecular complexity index is 907. The molecule has 0 bridgehead atoms. The third-order valence-corrected chi connectivity index (χ3v) is 7.57. The van der Waals surface area contributed by atoms with Crippen LogP contribution in [0.25, 0.3) is 11.3 Å². The van der Waals surface area contributed by atoms with Gasteiger partial charge in [-0.15, -0.1) is 11.3 Å². The van der Waals surface area contributed by atoms with Gasteiger partial charge in [0, 0.05) is 21.7 Å². The lowest BCUT2D eigenvalue weighted by molar-refractivity contribution is 0.597. The van der Waals surface area contributed by atoms with E-state index in [1.54, 1.807) is 24.3 Å². The van der Waals surface area contributed by atoms with E-state index in [0.29, 0.717) is 15.7 Å². The minimum absolute atomic E-state index is 0.0690. The van der Waals surface area contributed by atoms with Crippen LogP contribution in [0.5, 0.6) is 0 Å². The summed E-state index contributed by atoms with van der Waals surface area (Å²) in [5.74, 6) is 0.534. The molecule has 0 aliphatic rings. The summed E-state index contributed by atoms with van der Waals surface area (Å²) in [7, 11) is -3.30. The maximum atomic E-state index is 12.3. The second kappa shape index (κ2) is 7.70. The van der Waals surface area contributed by atoms with Gasteiger partial charge in [0.2, 0.25) is 0 Å². The minimum Gasteiger partial charge on any atom is -0.230 e. The molecule has 0 atom stereocenters. The molecule has 0 radical (unpaired) electrons. The van der Waals surface area contributed by atoms with Crippen molar-refractivity contribution in [3.05, 3.63) is 65.0 Å². The van der Waals surface area contributed by atoms with Crippen molar-refractivity contribution in [3.8, 4) is 11.3 Å². The fourth-order valence-corrected chi connectivity index (χ4v) is 5.74. The lowest BCUT2D eigenvalue weighted by Crippen LogP contribution is -2.08. The Labute approximate surface area is 154 Å². The van der Waals surface area contributed by atoms with Crippen molar-refractivity contribution in [2.75, 3.05) is 11.5 Å². The molecule has 3 nitrogen and oxygen atoms in total. The molecule has 124 valence electrons. The largest absolute Gasteiger partial charge is 0.230 e. The van der Waals surface area contributed by atoms with Gasteiger partial charge in [-0.05, 0) is 24.3 Å². The first kappa shape index (κ1) is 17.5. The lowest BCUT2D eigenvalue weighted by atomic mass is 10.2. The van der Waals surface area contributed by atoms with E-state index in [9.17, 15) is 8.42 Å². The molecule has 7 heteroatoms. The van der Waals surface area contributed by atoms with Crippen LogP contribution in [0.15, 0.2) is 69.2 Å². The highest BCUT2D eigenvalue weighted by molar-refractivity contribution is 8.02. The van der Waals surface area contributed by atoms with E-state index in [1.165, 1.54) is 23.1 Å². The highest BCUT2D eigenvalue weighted by Gasteiger charge is 2.15. The number of halogens is 1. The second-order valence-electron chi connectivity index (χ2n) is 4.99. The molecule has 0 amide bonds. The summed E-state index contributed by atoms with van der Waals surface area (Å²) >= 11 is 8.79. The van der Waals surface area contributed by atoms with Crippen LogP contribution < -0.4 is 0 Å². The Balaban J connectivity index is 1.60. The number of hydrogen-bond donors (Lipinski definition) is 0. The topological polar surface area (TPSA) is 47.0 Å². The van der Waals surface area contributed by atoms with Gasteiger partial charge in [0.05, 0.1) is 16.3 Å². The zero-order valence-corrected chi connectivity index (χ0v) is 15.8. The molecule has 1 heterocycles. The molecule has 0 saturated heterocycles.